The number of amides is 2. The second kappa shape index (κ2) is 9.62. The molecule has 1 fully saturated rings. The lowest BCUT2D eigenvalue weighted by atomic mass is 10.1. The normalized spacial score (nSPS) is 18.2. The van der Waals surface area contributed by atoms with Crippen LogP contribution in [0.2, 0.25) is 0 Å². The van der Waals surface area contributed by atoms with Gasteiger partial charge in [0, 0.05) is 6.42 Å². The number of anilines is 1. The van der Waals surface area contributed by atoms with Gasteiger partial charge in [-0.2, -0.15) is 0 Å². The van der Waals surface area contributed by atoms with Crippen molar-refractivity contribution in [1.82, 2.24) is 5.32 Å². The van der Waals surface area contributed by atoms with Gasteiger partial charge in [0.2, 0.25) is 11.8 Å². The SMILES string of the molecule is C[C@H](NC(=O)C[C@@H]1SC(=Nc2ccccc2)N(c2ccccc2)C1=O)c1ccccc1. The summed E-state index contributed by atoms with van der Waals surface area (Å²) < 4.78 is 0. The molecule has 6 heteroatoms. The second-order valence-corrected chi connectivity index (χ2v) is 8.42. The predicted molar refractivity (Wildman–Crippen MR) is 126 cm³/mol. The molecule has 1 heterocycles. The third kappa shape index (κ3) is 5.03. The van der Waals surface area contributed by atoms with E-state index in [1.807, 2.05) is 97.9 Å². The van der Waals surface area contributed by atoms with E-state index in [1.54, 1.807) is 4.90 Å². The van der Waals surface area contributed by atoms with E-state index in [9.17, 15) is 9.59 Å². The highest BCUT2D eigenvalue weighted by Gasteiger charge is 2.40. The van der Waals surface area contributed by atoms with E-state index in [1.165, 1.54) is 11.8 Å². The summed E-state index contributed by atoms with van der Waals surface area (Å²) in [6, 6.07) is 28.6. The number of amidine groups is 1. The first kappa shape index (κ1) is 20.9. The Hall–Kier alpha value is -3.38. The monoisotopic (exact) mass is 429 g/mol. The fourth-order valence-electron chi connectivity index (χ4n) is 3.40. The minimum atomic E-state index is -0.523. The molecule has 0 saturated carbocycles. The molecule has 31 heavy (non-hydrogen) atoms. The van der Waals surface area contributed by atoms with Crippen LogP contribution in [-0.2, 0) is 9.59 Å². The molecule has 156 valence electrons. The van der Waals surface area contributed by atoms with Crippen molar-refractivity contribution in [2.45, 2.75) is 24.6 Å². The van der Waals surface area contributed by atoms with Gasteiger partial charge in [-0.15, -0.1) is 0 Å². The molecular formula is C25H23N3O2S. The van der Waals surface area contributed by atoms with Gasteiger partial charge in [-0.05, 0) is 36.8 Å². The maximum absolute atomic E-state index is 13.2. The number of para-hydroxylation sites is 2. The highest BCUT2D eigenvalue weighted by molar-refractivity contribution is 8.16. The van der Waals surface area contributed by atoms with Crippen LogP contribution in [-0.4, -0.2) is 22.2 Å². The summed E-state index contributed by atoms with van der Waals surface area (Å²) in [5.41, 5.74) is 2.54. The molecule has 1 aliphatic rings. The molecule has 0 spiro atoms. The molecule has 3 aromatic rings. The predicted octanol–water partition coefficient (Wildman–Crippen LogP) is 5.09. The fraction of sp³-hybridized carbons (Fsp3) is 0.160. The molecule has 0 aliphatic carbocycles. The minimum Gasteiger partial charge on any atom is -0.350 e. The Balaban J connectivity index is 1.53. The molecule has 0 unspecified atom stereocenters. The van der Waals surface area contributed by atoms with Crippen LogP contribution in [0.4, 0.5) is 11.4 Å². The lowest BCUT2D eigenvalue weighted by Crippen LogP contribution is -2.35. The van der Waals surface area contributed by atoms with Crippen molar-refractivity contribution in [1.29, 1.82) is 0 Å². The Bertz CT molecular complexity index is 1070. The van der Waals surface area contributed by atoms with Crippen LogP contribution in [0.5, 0.6) is 0 Å². The summed E-state index contributed by atoms with van der Waals surface area (Å²) in [4.78, 5) is 32.2. The molecule has 2 atom stereocenters. The van der Waals surface area contributed by atoms with Gasteiger partial charge in [-0.25, -0.2) is 4.99 Å². The van der Waals surface area contributed by atoms with Gasteiger partial charge in [-0.3, -0.25) is 14.5 Å². The van der Waals surface area contributed by atoms with Gasteiger partial charge in [0.05, 0.1) is 17.4 Å². The average molecular weight is 430 g/mol. The average Bonchev–Trinajstić information content (AvgIpc) is 3.09. The first-order valence-corrected chi connectivity index (χ1v) is 11.0. The van der Waals surface area contributed by atoms with E-state index in [2.05, 4.69) is 10.3 Å². The fourth-order valence-corrected chi connectivity index (χ4v) is 4.55. The number of carbonyl (C=O) groups is 2. The second-order valence-electron chi connectivity index (χ2n) is 7.25. The smallest absolute Gasteiger partial charge is 0.247 e. The number of benzene rings is 3. The van der Waals surface area contributed by atoms with E-state index in [-0.39, 0.29) is 24.3 Å². The van der Waals surface area contributed by atoms with Crippen molar-refractivity contribution >= 4 is 40.1 Å². The van der Waals surface area contributed by atoms with Gasteiger partial charge < -0.3 is 5.32 Å². The number of rotatable bonds is 6. The largest absolute Gasteiger partial charge is 0.350 e. The zero-order chi connectivity index (χ0) is 21.6. The molecule has 3 aromatic carbocycles. The number of carbonyl (C=O) groups excluding carboxylic acids is 2. The summed E-state index contributed by atoms with van der Waals surface area (Å²) in [6.07, 6.45) is 0.0951. The van der Waals surface area contributed by atoms with Gasteiger partial charge in [0.25, 0.3) is 0 Å². The summed E-state index contributed by atoms with van der Waals surface area (Å²) in [5.74, 6) is -0.287. The van der Waals surface area contributed by atoms with E-state index in [0.717, 1.165) is 16.9 Å². The summed E-state index contributed by atoms with van der Waals surface area (Å²) in [6.45, 7) is 1.94. The van der Waals surface area contributed by atoms with E-state index >= 15 is 0 Å². The molecule has 4 rings (SSSR count). The van der Waals surface area contributed by atoms with Gasteiger partial charge in [0.1, 0.15) is 5.25 Å². The number of aliphatic imine (C=N–C) groups is 1. The quantitative estimate of drug-likeness (QED) is 0.594. The summed E-state index contributed by atoms with van der Waals surface area (Å²) in [7, 11) is 0. The van der Waals surface area contributed by atoms with Crippen molar-refractivity contribution in [2.24, 2.45) is 4.99 Å². The number of thioether (sulfide) groups is 1. The van der Waals surface area contributed by atoms with Crippen molar-refractivity contribution in [3.63, 3.8) is 0 Å². The van der Waals surface area contributed by atoms with Crippen LogP contribution in [0.25, 0.3) is 0 Å². The molecule has 1 aliphatic heterocycles. The third-order valence-electron chi connectivity index (χ3n) is 4.98. The van der Waals surface area contributed by atoms with Crippen LogP contribution in [0, 0.1) is 0 Å². The standard InChI is InChI=1S/C25H23N3O2S/c1-18(19-11-5-2-6-12-19)26-23(29)17-22-24(30)28(21-15-9-4-10-16-21)25(31-22)27-20-13-7-3-8-14-20/h2-16,18,22H,17H2,1H3,(H,26,29)/t18-,22-/m0/s1. The van der Waals surface area contributed by atoms with E-state index < -0.39 is 5.25 Å². The Morgan fingerprint density at radius 3 is 2.19 bits per heavy atom. The maximum Gasteiger partial charge on any atom is 0.247 e. The minimum absolute atomic E-state index is 0.0951. The first-order chi connectivity index (χ1) is 15.1. The van der Waals surface area contributed by atoms with Crippen LogP contribution in [0.1, 0.15) is 24.9 Å². The number of nitrogens with zero attached hydrogens (tertiary/aromatic N) is 2. The zero-order valence-corrected chi connectivity index (χ0v) is 18.0. The van der Waals surface area contributed by atoms with Gasteiger partial charge in [0.15, 0.2) is 5.17 Å². The molecule has 2 amide bonds. The molecular weight excluding hydrogens is 406 g/mol. The number of hydrogen-bond acceptors (Lipinski definition) is 4. The number of nitrogens with one attached hydrogen (secondary N) is 1. The molecule has 0 bridgehead atoms. The van der Waals surface area contributed by atoms with Crippen LogP contribution in [0.3, 0.4) is 0 Å². The van der Waals surface area contributed by atoms with Gasteiger partial charge in [-0.1, -0.05) is 78.5 Å². The van der Waals surface area contributed by atoms with Gasteiger partial charge >= 0.3 is 0 Å². The number of hydrogen-bond donors (Lipinski definition) is 1. The highest BCUT2D eigenvalue weighted by atomic mass is 32.2. The Morgan fingerprint density at radius 1 is 0.968 bits per heavy atom. The Morgan fingerprint density at radius 2 is 1.55 bits per heavy atom. The maximum atomic E-state index is 13.2. The van der Waals surface area contributed by atoms with Crippen LogP contribution in [0.15, 0.2) is 96.0 Å². The summed E-state index contributed by atoms with van der Waals surface area (Å²) >= 11 is 1.33. The molecule has 0 radical (unpaired) electrons. The lowest BCUT2D eigenvalue weighted by molar-refractivity contribution is -0.124. The van der Waals surface area contributed by atoms with Crippen LogP contribution < -0.4 is 10.2 Å². The van der Waals surface area contributed by atoms with E-state index in [4.69, 9.17) is 0 Å². The molecule has 1 saturated heterocycles. The Labute approximate surface area is 186 Å². The van der Waals surface area contributed by atoms with Crippen LogP contribution >= 0.6 is 11.8 Å². The van der Waals surface area contributed by atoms with Crippen molar-refractivity contribution < 1.29 is 9.59 Å². The van der Waals surface area contributed by atoms with Crippen molar-refractivity contribution in [2.75, 3.05) is 4.90 Å². The van der Waals surface area contributed by atoms with Crippen molar-refractivity contribution in [3.8, 4) is 0 Å². The summed E-state index contributed by atoms with van der Waals surface area (Å²) in [5, 5.41) is 3.06. The third-order valence-corrected chi connectivity index (χ3v) is 6.12. The van der Waals surface area contributed by atoms with E-state index in [0.29, 0.717) is 5.17 Å². The zero-order valence-electron chi connectivity index (χ0n) is 17.1. The first-order valence-electron chi connectivity index (χ1n) is 10.2. The van der Waals surface area contributed by atoms with Crippen molar-refractivity contribution in [3.05, 3.63) is 96.6 Å². The highest BCUT2D eigenvalue weighted by Crippen LogP contribution is 2.35. The lowest BCUT2D eigenvalue weighted by Gasteiger charge is -2.17. The molecule has 5 nitrogen and oxygen atoms in total. The molecule has 1 N–H and O–H groups in total. The Kier molecular flexibility index (Phi) is 6.48. The molecule has 0 aromatic heterocycles. The topological polar surface area (TPSA) is 61.8 Å².